The maximum atomic E-state index is 15.2. The van der Waals surface area contributed by atoms with Gasteiger partial charge in [-0.3, -0.25) is 0 Å². The molecule has 1 aliphatic carbocycles. The van der Waals surface area contributed by atoms with E-state index in [9.17, 15) is 4.79 Å². The molecular formula is C26H28FN7O2. The van der Waals surface area contributed by atoms with Crippen molar-refractivity contribution in [2.24, 2.45) is 11.8 Å². The summed E-state index contributed by atoms with van der Waals surface area (Å²) in [5.41, 5.74) is 3.85. The molecule has 1 saturated heterocycles. The van der Waals surface area contributed by atoms with Crippen LogP contribution in [0.4, 0.5) is 15.0 Å². The number of carbonyl (C=O) groups excluding carboxylic acids is 1. The average Bonchev–Trinajstić information content (AvgIpc) is 3.12. The molecule has 2 fully saturated rings. The van der Waals surface area contributed by atoms with E-state index in [0.717, 1.165) is 30.0 Å². The second-order valence-electron chi connectivity index (χ2n) is 10.9. The Morgan fingerprint density at radius 2 is 1.86 bits per heavy atom. The van der Waals surface area contributed by atoms with Gasteiger partial charge in [0.25, 0.3) is 0 Å². The van der Waals surface area contributed by atoms with Crippen LogP contribution in [0.3, 0.4) is 0 Å². The third kappa shape index (κ3) is 4.00. The molecule has 1 amide bonds. The molecule has 0 bridgehead atoms. The third-order valence-corrected chi connectivity index (χ3v) is 6.87. The number of halogens is 1. The van der Waals surface area contributed by atoms with Crippen molar-refractivity contribution in [1.82, 2.24) is 30.1 Å². The predicted octanol–water partition coefficient (Wildman–Crippen LogP) is 4.05. The van der Waals surface area contributed by atoms with Crippen molar-refractivity contribution >= 4 is 28.5 Å². The number of amides is 1. The van der Waals surface area contributed by atoms with Gasteiger partial charge in [-0.15, -0.1) is 10.2 Å². The molecule has 6 rings (SSSR count). The summed E-state index contributed by atoms with van der Waals surface area (Å²) in [6, 6.07) is 7.07. The molecule has 0 radical (unpaired) electrons. The number of aromatic nitrogens is 5. The van der Waals surface area contributed by atoms with E-state index in [1.165, 1.54) is 6.07 Å². The van der Waals surface area contributed by atoms with Gasteiger partial charge in [-0.2, -0.15) is 5.10 Å². The summed E-state index contributed by atoms with van der Waals surface area (Å²) in [7, 11) is 0. The van der Waals surface area contributed by atoms with E-state index in [2.05, 4.69) is 30.5 Å². The SMILES string of the molecule is Cc1cn2nc(-c3cc(F)c4cc(N5CC6C(C5)C6NC(=O)OC(C)(C)C)nnc4c3)cc(C)c2n1. The number of imidazole rings is 1. The summed E-state index contributed by atoms with van der Waals surface area (Å²) >= 11 is 0. The molecule has 186 valence electrons. The first-order valence-electron chi connectivity index (χ1n) is 12.1. The summed E-state index contributed by atoms with van der Waals surface area (Å²) in [6.07, 6.45) is 1.47. The second kappa shape index (κ2) is 7.84. The fourth-order valence-corrected chi connectivity index (χ4v) is 5.15. The number of nitrogens with one attached hydrogen (secondary N) is 1. The molecular weight excluding hydrogens is 461 g/mol. The first-order valence-corrected chi connectivity index (χ1v) is 12.1. The van der Waals surface area contributed by atoms with Gasteiger partial charge >= 0.3 is 6.09 Å². The van der Waals surface area contributed by atoms with Crippen molar-refractivity contribution in [3.05, 3.63) is 47.5 Å². The largest absolute Gasteiger partial charge is 0.444 e. The number of aryl methyl sites for hydroxylation is 2. The van der Waals surface area contributed by atoms with E-state index in [4.69, 9.17) is 4.74 Å². The molecule has 10 heteroatoms. The number of hydrogen-bond acceptors (Lipinski definition) is 7. The number of rotatable bonds is 3. The van der Waals surface area contributed by atoms with Gasteiger partial charge in [0.05, 0.1) is 23.1 Å². The van der Waals surface area contributed by atoms with Gasteiger partial charge in [-0.1, -0.05) is 0 Å². The van der Waals surface area contributed by atoms with Crippen LogP contribution in [0.15, 0.2) is 30.5 Å². The summed E-state index contributed by atoms with van der Waals surface area (Å²) in [4.78, 5) is 18.6. The van der Waals surface area contributed by atoms with Crippen molar-refractivity contribution in [3.63, 3.8) is 0 Å². The second-order valence-corrected chi connectivity index (χ2v) is 10.9. The number of anilines is 1. The van der Waals surface area contributed by atoms with Gasteiger partial charge in [-0.25, -0.2) is 18.7 Å². The highest BCUT2D eigenvalue weighted by Crippen LogP contribution is 2.46. The molecule has 0 spiro atoms. The highest BCUT2D eigenvalue weighted by Gasteiger charge is 2.57. The van der Waals surface area contributed by atoms with Crippen LogP contribution in [-0.4, -0.2) is 55.6 Å². The van der Waals surface area contributed by atoms with Crippen LogP contribution >= 0.6 is 0 Å². The molecule has 36 heavy (non-hydrogen) atoms. The minimum atomic E-state index is -0.523. The lowest BCUT2D eigenvalue weighted by atomic mass is 10.1. The quantitative estimate of drug-likeness (QED) is 0.464. The van der Waals surface area contributed by atoms with Gasteiger partial charge in [0.15, 0.2) is 11.5 Å². The van der Waals surface area contributed by atoms with Gasteiger partial charge in [-0.05, 0) is 64.4 Å². The van der Waals surface area contributed by atoms with Crippen molar-refractivity contribution in [2.45, 2.75) is 46.3 Å². The van der Waals surface area contributed by atoms with Crippen LogP contribution in [0.25, 0.3) is 27.8 Å². The number of alkyl carbamates (subject to hydrolysis) is 1. The zero-order chi connectivity index (χ0) is 25.4. The Balaban J connectivity index is 1.20. The summed E-state index contributed by atoms with van der Waals surface area (Å²) in [5, 5.41) is 16.7. The number of fused-ring (bicyclic) bond motifs is 3. The predicted molar refractivity (Wildman–Crippen MR) is 133 cm³/mol. The van der Waals surface area contributed by atoms with E-state index in [1.807, 2.05) is 52.9 Å². The maximum absolute atomic E-state index is 15.2. The van der Waals surface area contributed by atoms with Crippen LogP contribution in [-0.2, 0) is 4.74 Å². The van der Waals surface area contributed by atoms with Crippen LogP contribution in [0, 0.1) is 31.5 Å². The number of carbonyl (C=O) groups is 1. The van der Waals surface area contributed by atoms with E-state index >= 15 is 4.39 Å². The molecule has 2 unspecified atom stereocenters. The van der Waals surface area contributed by atoms with Crippen LogP contribution in [0.1, 0.15) is 32.0 Å². The van der Waals surface area contributed by atoms with Gasteiger partial charge in [0.1, 0.15) is 11.4 Å². The molecule has 4 heterocycles. The Morgan fingerprint density at radius 3 is 2.58 bits per heavy atom. The Labute approximate surface area is 207 Å². The highest BCUT2D eigenvalue weighted by atomic mass is 19.1. The minimum absolute atomic E-state index is 0.108. The highest BCUT2D eigenvalue weighted by molar-refractivity contribution is 5.86. The fourth-order valence-electron chi connectivity index (χ4n) is 5.15. The standard InChI is InChI=1S/C26H28FN7O2/c1-13-6-20(32-34-10-14(2)28-24(13)34)15-7-19(27)16-9-22(31-30-21(16)8-15)33-11-17-18(12-33)23(17)29-25(35)36-26(3,4)5/h6-10,17-18,23H,11-12H2,1-5H3,(H,29,35). The summed E-state index contributed by atoms with van der Waals surface area (Å²) in [5.74, 6) is 0.937. The molecule has 1 N–H and O–H groups in total. The number of ether oxygens (including phenoxy) is 1. The van der Waals surface area contributed by atoms with Crippen LogP contribution in [0.2, 0.25) is 0 Å². The summed E-state index contributed by atoms with van der Waals surface area (Å²) in [6.45, 7) is 10.9. The smallest absolute Gasteiger partial charge is 0.407 e. The molecule has 2 atom stereocenters. The normalized spacial score (nSPS) is 21.2. The minimum Gasteiger partial charge on any atom is -0.444 e. The zero-order valence-corrected chi connectivity index (χ0v) is 20.9. The fraction of sp³-hybridized carbons (Fsp3) is 0.423. The third-order valence-electron chi connectivity index (χ3n) is 6.87. The number of hydrogen-bond donors (Lipinski definition) is 1. The van der Waals surface area contributed by atoms with Crippen molar-refractivity contribution in [2.75, 3.05) is 18.0 Å². The monoisotopic (exact) mass is 489 g/mol. The Morgan fingerprint density at radius 1 is 1.11 bits per heavy atom. The first-order chi connectivity index (χ1) is 17.1. The summed E-state index contributed by atoms with van der Waals surface area (Å²) < 4.78 is 22.3. The zero-order valence-electron chi connectivity index (χ0n) is 20.9. The van der Waals surface area contributed by atoms with E-state index < -0.39 is 5.60 Å². The van der Waals surface area contributed by atoms with Gasteiger partial charge < -0.3 is 15.0 Å². The number of piperidine rings is 1. The molecule has 1 saturated carbocycles. The lowest BCUT2D eigenvalue weighted by Crippen LogP contribution is -2.38. The number of nitrogens with zero attached hydrogens (tertiary/aromatic N) is 6. The van der Waals surface area contributed by atoms with E-state index in [0.29, 0.717) is 39.8 Å². The van der Waals surface area contributed by atoms with Crippen LogP contribution in [0.5, 0.6) is 0 Å². The first kappa shape index (κ1) is 22.6. The molecule has 3 aromatic heterocycles. The van der Waals surface area contributed by atoms with Crippen LogP contribution < -0.4 is 10.2 Å². The molecule has 2 aliphatic rings. The Hall–Kier alpha value is -3.82. The van der Waals surface area contributed by atoms with E-state index in [1.54, 1.807) is 10.6 Å². The van der Waals surface area contributed by atoms with Crippen molar-refractivity contribution in [3.8, 4) is 11.3 Å². The molecule has 1 aromatic carbocycles. The lowest BCUT2D eigenvalue weighted by Gasteiger charge is -2.23. The van der Waals surface area contributed by atoms with Crippen molar-refractivity contribution in [1.29, 1.82) is 0 Å². The topological polar surface area (TPSA) is 97.5 Å². The molecule has 1 aliphatic heterocycles. The lowest BCUT2D eigenvalue weighted by molar-refractivity contribution is 0.0518. The molecule has 9 nitrogen and oxygen atoms in total. The van der Waals surface area contributed by atoms with Gasteiger partial charge in [0.2, 0.25) is 0 Å². The van der Waals surface area contributed by atoms with Gasteiger partial charge in [0, 0.05) is 41.9 Å². The van der Waals surface area contributed by atoms with E-state index in [-0.39, 0.29) is 18.0 Å². The maximum Gasteiger partial charge on any atom is 0.407 e. The Kier molecular flexibility index (Phi) is 4.93. The molecule has 4 aromatic rings. The number of benzene rings is 1. The Bertz CT molecular complexity index is 1510. The van der Waals surface area contributed by atoms with Crippen molar-refractivity contribution < 1.29 is 13.9 Å². The average molecular weight is 490 g/mol.